The second kappa shape index (κ2) is 19.9. The predicted octanol–water partition coefficient (Wildman–Crippen LogP) is 12.3. The van der Waals surface area contributed by atoms with Crippen molar-refractivity contribution in [2.24, 2.45) is 5.41 Å². The van der Waals surface area contributed by atoms with Crippen molar-refractivity contribution in [1.29, 1.82) is 0 Å². The summed E-state index contributed by atoms with van der Waals surface area (Å²) in [5.74, 6) is 0. The molecule has 0 atom stereocenters. The van der Waals surface area contributed by atoms with Crippen molar-refractivity contribution < 1.29 is 0 Å². The smallest absolute Gasteiger partial charge is 0.0158 e. The minimum Gasteiger partial charge on any atom is -0.306 e. The molecule has 1 N–H and O–H groups in total. The van der Waals surface area contributed by atoms with E-state index < -0.39 is 0 Å². The largest absolute Gasteiger partial charge is 0.306 e. The maximum atomic E-state index is 4.40. The molecule has 1 rings (SSSR count). The molecule has 0 aromatic carbocycles. The molecule has 36 heavy (non-hydrogen) atoms. The average molecular weight is 506 g/mol. The molecular weight excluding hydrogens is 434 g/mol. The molecule has 0 saturated heterocycles. The van der Waals surface area contributed by atoms with E-state index >= 15 is 0 Å². The van der Waals surface area contributed by atoms with Crippen LogP contribution in [0.25, 0.3) is 0 Å². The summed E-state index contributed by atoms with van der Waals surface area (Å²) in [6.07, 6.45) is 36.8. The van der Waals surface area contributed by atoms with E-state index in [9.17, 15) is 0 Å². The number of rotatable bonds is 14. The monoisotopic (exact) mass is 506 g/mol. The van der Waals surface area contributed by atoms with Crippen LogP contribution in [0.15, 0.2) is 0 Å². The van der Waals surface area contributed by atoms with Gasteiger partial charge in [0.25, 0.3) is 0 Å². The molecule has 0 aliphatic heterocycles. The summed E-state index contributed by atoms with van der Waals surface area (Å²) in [5.41, 5.74) is 1.21. The van der Waals surface area contributed by atoms with Gasteiger partial charge < -0.3 is 5.32 Å². The molecule has 0 aromatic heterocycles. The van der Waals surface area contributed by atoms with Crippen LogP contribution in [0.3, 0.4) is 0 Å². The Labute approximate surface area is 230 Å². The highest BCUT2D eigenvalue weighted by atomic mass is 15.0. The molecule has 0 aromatic rings. The van der Waals surface area contributed by atoms with Crippen molar-refractivity contribution in [3.05, 3.63) is 0 Å². The average Bonchev–Trinajstić information content (AvgIpc) is 2.82. The van der Waals surface area contributed by atoms with Crippen molar-refractivity contribution >= 4 is 0 Å². The molecule has 1 heteroatoms. The van der Waals surface area contributed by atoms with Crippen molar-refractivity contribution in [2.45, 2.75) is 220 Å². The van der Waals surface area contributed by atoms with Gasteiger partial charge >= 0.3 is 0 Å². The van der Waals surface area contributed by atoms with Gasteiger partial charge in [-0.15, -0.1) is 0 Å². The van der Waals surface area contributed by atoms with Gasteiger partial charge in [-0.25, -0.2) is 0 Å². The third-order valence-corrected chi connectivity index (χ3v) is 9.43. The Balaban J connectivity index is 2.73. The number of hydrogen-bond acceptors (Lipinski definition) is 1. The van der Waals surface area contributed by atoms with Crippen LogP contribution in [0.2, 0.25) is 0 Å². The zero-order chi connectivity index (χ0) is 26.6. The Morgan fingerprint density at radius 2 is 0.861 bits per heavy atom. The second-order valence-corrected chi connectivity index (χ2v) is 14.3. The summed E-state index contributed by atoms with van der Waals surface area (Å²) in [4.78, 5) is 0. The van der Waals surface area contributed by atoms with Gasteiger partial charge in [-0.1, -0.05) is 156 Å². The minimum atomic E-state index is 0.319. The van der Waals surface area contributed by atoms with E-state index in [2.05, 4.69) is 46.9 Å². The summed E-state index contributed by atoms with van der Waals surface area (Å²) in [6.45, 7) is 14.9. The van der Waals surface area contributed by atoms with E-state index in [-0.39, 0.29) is 0 Å². The van der Waals surface area contributed by atoms with Crippen LogP contribution in [0, 0.1) is 5.41 Å². The molecule has 1 aliphatic carbocycles. The Hall–Kier alpha value is -0.0400. The van der Waals surface area contributed by atoms with E-state index in [1.807, 2.05) is 0 Å². The van der Waals surface area contributed by atoms with Crippen molar-refractivity contribution in [1.82, 2.24) is 5.32 Å². The highest BCUT2D eigenvalue weighted by molar-refractivity contribution is 4.94. The Morgan fingerprint density at radius 3 is 1.28 bits per heavy atom. The lowest BCUT2D eigenvalue weighted by Crippen LogP contribution is -2.55. The fourth-order valence-corrected chi connectivity index (χ4v) is 6.89. The van der Waals surface area contributed by atoms with Crippen LogP contribution < -0.4 is 5.32 Å². The second-order valence-electron chi connectivity index (χ2n) is 14.3. The summed E-state index contributed by atoms with van der Waals surface area (Å²) < 4.78 is 0. The van der Waals surface area contributed by atoms with Crippen LogP contribution in [-0.2, 0) is 0 Å². The van der Waals surface area contributed by atoms with Crippen LogP contribution in [0.4, 0.5) is 0 Å². The summed E-state index contributed by atoms with van der Waals surface area (Å²) >= 11 is 0. The van der Waals surface area contributed by atoms with Gasteiger partial charge in [0.2, 0.25) is 0 Å². The highest BCUT2D eigenvalue weighted by Gasteiger charge is 2.33. The molecule has 216 valence electrons. The predicted molar refractivity (Wildman–Crippen MR) is 165 cm³/mol. The van der Waals surface area contributed by atoms with Gasteiger partial charge in [-0.05, 0) is 57.8 Å². The van der Waals surface area contributed by atoms with E-state index in [4.69, 9.17) is 0 Å². The minimum absolute atomic E-state index is 0.319. The molecule has 0 heterocycles. The first-order valence-corrected chi connectivity index (χ1v) is 17.0. The van der Waals surface area contributed by atoms with Crippen molar-refractivity contribution in [3.63, 3.8) is 0 Å². The van der Waals surface area contributed by atoms with Crippen molar-refractivity contribution in [3.8, 4) is 0 Å². The Morgan fingerprint density at radius 1 is 0.500 bits per heavy atom. The van der Waals surface area contributed by atoms with Gasteiger partial charge in [0.15, 0.2) is 0 Å². The van der Waals surface area contributed by atoms with Gasteiger partial charge in [0.1, 0.15) is 0 Å². The first-order chi connectivity index (χ1) is 17.2. The third-order valence-electron chi connectivity index (χ3n) is 9.43. The Bertz CT molecular complexity index is 459. The molecule has 1 nitrogen and oxygen atoms in total. The van der Waals surface area contributed by atoms with Crippen LogP contribution >= 0.6 is 0 Å². The quantitative estimate of drug-likeness (QED) is 0.231. The van der Waals surface area contributed by atoms with E-state index in [1.54, 1.807) is 0 Å². The lowest BCUT2D eigenvalue weighted by Gasteiger charge is -2.43. The van der Waals surface area contributed by atoms with Gasteiger partial charge in [0.05, 0.1) is 0 Å². The maximum absolute atomic E-state index is 4.40. The standard InChI is InChI=1S/C35H71N/c1-7-9-11-15-23-29-34(5,30-24-16-12-10-8-2)36-35(6)31-25-19-13-17-21-27-33(3,4)28-22-18-14-20-26-32-35/h36H,7-32H2,1-6H3. The number of hydrogen-bond donors (Lipinski definition) is 1. The van der Waals surface area contributed by atoms with Gasteiger partial charge in [0, 0.05) is 11.1 Å². The normalized spacial score (nSPS) is 20.8. The van der Waals surface area contributed by atoms with E-state index in [0.29, 0.717) is 16.5 Å². The molecule has 0 unspecified atom stereocenters. The maximum Gasteiger partial charge on any atom is 0.0158 e. The summed E-state index contributed by atoms with van der Waals surface area (Å²) in [6, 6.07) is 0. The summed E-state index contributed by atoms with van der Waals surface area (Å²) in [7, 11) is 0. The molecular formula is C35H71N. The van der Waals surface area contributed by atoms with Crippen LogP contribution in [-0.4, -0.2) is 11.1 Å². The lowest BCUT2D eigenvalue weighted by molar-refractivity contribution is 0.172. The highest BCUT2D eigenvalue weighted by Crippen LogP contribution is 2.33. The molecule has 0 bridgehead atoms. The third kappa shape index (κ3) is 17.5. The molecule has 1 aliphatic rings. The van der Waals surface area contributed by atoms with Crippen LogP contribution in [0.1, 0.15) is 208 Å². The Kier molecular flexibility index (Phi) is 18.8. The fraction of sp³-hybridized carbons (Fsp3) is 1.00. The summed E-state index contributed by atoms with van der Waals surface area (Å²) in [5, 5.41) is 4.40. The van der Waals surface area contributed by atoms with E-state index in [1.165, 1.54) is 167 Å². The fourth-order valence-electron chi connectivity index (χ4n) is 6.89. The van der Waals surface area contributed by atoms with Gasteiger partial charge in [-0.3, -0.25) is 0 Å². The SMILES string of the molecule is CCCCCCCC(C)(CCCCCCC)NC1(C)CCCCCCCC(C)(C)CCCCCCC1. The first-order valence-electron chi connectivity index (χ1n) is 17.0. The van der Waals surface area contributed by atoms with Crippen LogP contribution in [0.5, 0.6) is 0 Å². The molecule has 0 spiro atoms. The van der Waals surface area contributed by atoms with E-state index in [0.717, 1.165) is 0 Å². The zero-order valence-electron chi connectivity index (χ0n) is 26.4. The van der Waals surface area contributed by atoms with Gasteiger partial charge in [-0.2, -0.15) is 0 Å². The number of nitrogens with one attached hydrogen (secondary N) is 1. The number of unbranched alkanes of at least 4 members (excludes halogenated alkanes) is 8. The molecule has 0 amide bonds. The molecule has 1 fully saturated rings. The molecule has 0 radical (unpaired) electrons. The lowest BCUT2D eigenvalue weighted by atomic mass is 9.80. The first kappa shape index (κ1) is 34.0. The zero-order valence-corrected chi connectivity index (χ0v) is 26.4. The van der Waals surface area contributed by atoms with Crippen molar-refractivity contribution in [2.75, 3.05) is 0 Å². The molecule has 1 saturated carbocycles. The topological polar surface area (TPSA) is 12.0 Å².